The van der Waals surface area contributed by atoms with E-state index in [9.17, 15) is 13.2 Å². The van der Waals surface area contributed by atoms with Crippen LogP contribution in [0.2, 0.25) is 0 Å². The molecule has 0 bridgehead atoms. The van der Waals surface area contributed by atoms with Gasteiger partial charge in [-0.2, -0.15) is 0 Å². The molecule has 0 fully saturated rings. The summed E-state index contributed by atoms with van der Waals surface area (Å²) in [6.45, 7) is 0. The minimum Gasteiger partial charge on any atom is -0.478 e. The molecular formula is C12H12O4S. The van der Waals surface area contributed by atoms with Gasteiger partial charge in [-0.3, -0.25) is 0 Å². The topological polar surface area (TPSA) is 71.4 Å². The van der Waals surface area contributed by atoms with Gasteiger partial charge in [-0.1, -0.05) is 6.07 Å². The summed E-state index contributed by atoms with van der Waals surface area (Å²) in [6, 6.07) is 4.99. The van der Waals surface area contributed by atoms with Crippen LogP contribution in [0.25, 0.3) is 0 Å². The highest BCUT2D eigenvalue weighted by Gasteiger charge is 2.16. The van der Waals surface area contributed by atoms with Crippen LogP contribution in [-0.4, -0.2) is 19.5 Å². The number of rotatable bonds is 3. The second-order valence-electron chi connectivity index (χ2n) is 3.97. The lowest BCUT2D eigenvalue weighted by molar-refractivity contribution is -0.131. The first-order valence-electron chi connectivity index (χ1n) is 5.27. The Kier molecular flexibility index (Phi) is 3.02. The maximum absolute atomic E-state index is 11.8. The molecule has 4 nitrogen and oxygen atoms in total. The number of benzene rings is 1. The van der Waals surface area contributed by atoms with Gasteiger partial charge < -0.3 is 5.11 Å². The molecule has 0 aromatic heterocycles. The lowest BCUT2D eigenvalue weighted by Gasteiger charge is -2.03. The minimum absolute atomic E-state index is 0.163. The molecule has 1 aliphatic rings. The number of aliphatic carboxylic acids is 1. The Hall–Kier alpha value is -1.62. The van der Waals surface area contributed by atoms with Gasteiger partial charge in [0.1, 0.15) is 0 Å². The molecule has 0 heterocycles. The molecular weight excluding hydrogens is 240 g/mol. The van der Waals surface area contributed by atoms with Crippen molar-refractivity contribution in [2.24, 2.45) is 0 Å². The van der Waals surface area contributed by atoms with Gasteiger partial charge in [-0.25, -0.2) is 13.2 Å². The van der Waals surface area contributed by atoms with E-state index in [1.54, 1.807) is 6.07 Å². The molecule has 0 amide bonds. The molecule has 0 spiro atoms. The van der Waals surface area contributed by atoms with Gasteiger partial charge in [-0.05, 0) is 42.5 Å². The molecule has 1 aliphatic carbocycles. The fourth-order valence-corrected chi connectivity index (χ4v) is 2.97. The number of aryl methyl sites for hydroxylation is 2. The van der Waals surface area contributed by atoms with Crippen LogP contribution >= 0.6 is 0 Å². The molecule has 5 heteroatoms. The van der Waals surface area contributed by atoms with E-state index in [4.69, 9.17) is 5.11 Å². The minimum atomic E-state index is -3.64. The summed E-state index contributed by atoms with van der Waals surface area (Å²) in [5, 5.41) is 9.16. The van der Waals surface area contributed by atoms with E-state index in [0.29, 0.717) is 6.08 Å². The van der Waals surface area contributed by atoms with Gasteiger partial charge in [0.2, 0.25) is 0 Å². The van der Waals surface area contributed by atoms with E-state index in [1.807, 2.05) is 6.07 Å². The van der Waals surface area contributed by atoms with E-state index in [-0.39, 0.29) is 4.90 Å². The van der Waals surface area contributed by atoms with Crippen molar-refractivity contribution in [3.63, 3.8) is 0 Å². The Morgan fingerprint density at radius 1 is 1.24 bits per heavy atom. The Bertz CT molecular complexity index is 585. The zero-order valence-corrected chi connectivity index (χ0v) is 9.90. The number of hydrogen-bond donors (Lipinski definition) is 1. The summed E-state index contributed by atoms with van der Waals surface area (Å²) in [5.74, 6) is -1.27. The van der Waals surface area contributed by atoms with Crippen molar-refractivity contribution in [1.29, 1.82) is 0 Å². The van der Waals surface area contributed by atoms with E-state index in [1.165, 1.54) is 11.6 Å². The van der Waals surface area contributed by atoms with E-state index in [0.717, 1.165) is 30.2 Å². The highest BCUT2D eigenvalue weighted by molar-refractivity contribution is 7.94. The summed E-state index contributed by atoms with van der Waals surface area (Å²) in [5.41, 5.74) is 2.24. The van der Waals surface area contributed by atoms with Crippen molar-refractivity contribution in [3.05, 3.63) is 40.8 Å². The van der Waals surface area contributed by atoms with Crippen LogP contribution < -0.4 is 0 Å². The molecule has 0 atom stereocenters. The van der Waals surface area contributed by atoms with Gasteiger partial charge in [0.05, 0.1) is 4.90 Å². The normalized spacial score (nSPS) is 15.1. The second kappa shape index (κ2) is 4.33. The van der Waals surface area contributed by atoms with Crippen LogP contribution in [0, 0.1) is 0 Å². The molecule has 0 unspecified atom stereocenters. The smallest absolute Gasteiger partial charge is 0.329 e. The van der Waals surface area contributed by atoms with Gasteiger partial charge >= 0.3 is 5.97 Å². The zero-order chi connectivity index (χ0) is 12.5. The van der Waals surface area contributed by atoms with Gasteiger partial charge in [0.15, 0.2) is 9.84 Å². The molecule has 1 aromatic carbocycles. The molecule has 17 heavy (non-hydrogen) atoms. The SMILES string of the molecule is O=C(O)/C=C/S(=O)(=O)c1ccc2c(c1)CCC2. The first-order valence-corrected chi connectivity index (χ1v) is 6.81. The zero-order valence-electron chi connectivity index (χ0n) is 9.09. The lowest BCUT2D eigenvalue weighted by Crippen LogP contribution is -1.99. The standard InChI is InChI=1S/C12H12O4S/c13-12(14)6-7-17(15,16)11-5-4-9-2-1-3-10(9)8-11/h4-8H,1-3H2,(H,13,14)/b7-6+. The first kappa shape index (κ1) is 11.9. The van der Waals surface area contributed by atoms with Gasteiger partial charge in [-0.15, -0.1) is 0 Å². The third-order valence-corrected chi connectivity index (χ3v) is 4.19. The second-order valence-corrected chi connectivity index (χ2v) is 5.80. The van der Waals surface area contributed by atoms with Crippen LogP contribution in [0.3, 0.4) is 0 Å². The van der Waals surface area contributed by atoms with Crippen LogP contribution in [0.15, 0.2) is 34.6 Å². The maximum atomic E-state index is 11.8. The first-order chi connectivity index (χ1) is 7.99. The maximum Gasteiger partial charge on any atom is 0.329 e. The van der Waals surface area contributed by atoms with Crippen LogP contribution in [0.1, 0.15) is 17.5 Å². The number of carboxylic acids is 1. The number of sulfone groups is 1. The van der Waals surface area contributed by atoms with Crippen molar-refractivity contribution in [1.82, 2.24) is 0 Å². The highest BCUT2D eigenvalue weighted by Crippen LogP contribution is 2.25. The van der Waals surface area contributed by atoms with Gasteiger partial charge in [0.25, 0.3) is 0 Å². The predicted molar refractivity (Wildman–Crippen MR) is 62.4 cm³/mol. The molecule has 0 radical (unpaired) electrons. The fourth-order valence-electron chi connectivity index (χ4n) is 1.95. The van der Waals surface area contributed by atoms with Crippen molar-refractivity contribution < 1.29 is 18.3 Å². The fraction of sp³-hybridized carbons (Fsp3) is 0.250. The molecule has 0 saturated carbocycles. The Labute approximate surface area is 99.5 Å². The van der Waals surface area contributed by atoms with Crippen molar-refractivity contribution >= 4 is 15.8 Å². The summed E-state index contributed by atoms with van der Waals surface area (Å²) in [7, 11) is -3.64. The van der Waals surface area contributed by atoms with Crippen LogP contribution in [0.4, 0.5) is 0 Å². The van der Waals surface area contributed by atoms with Crippen LogP contribution in [-0.2, 0) is 27.5 Å². The lowest BCUT2D eigenvalue weighted by atomic mass is 10.1. The Morgan fingerprint density at radius 3 is 2.65 bits per heavy atom. The average molecular weight is 252 g/mol. The summed E-state index contributed by atoms with van der Waals surface area (Å²) >= 11 is 0. The number of carbonyl (C=O) groups is 1. The summed E-state index contributed by atoms with van der Waals surface area (Å²) in [4.78, 5) is 10.5. The molecule has 1 N–H and O–H groups in total. The van der Waals surface area contributed by atoms with E-state index >= 15 is 0 Å². The van der Waals surface area contributed by atoms with Crippen molar-refractivity contribution in [3.8, 4) is 0 Å². The monoisotopic (exact) mass is 252 g/mol. The molecule has 2 rings (SSSR count). The van der Waals surface area contributed by atoms with Gasteiger partial charge in [0, 0.05) is 11.5 Å². The number of carboxylic acid groups (broad SMARTS) is 1. The largest absolute Gasteiger partial charge is 0.478 e. The summed E-state index contributed by atoms with van der Waals surface area (Å²) < 4.78 is 23.6. The summed E-state index contributed by atoms with van der Waals surface area (Å²) in [6.07, 6.45) is 3.56. The predicted octanol–water partition coefficient (Wildman–Crippen LogP) is 1.55. The Balaban J connectivity index is 2.37. The number of hydrogen-bond acceptors (Lipinski definition) is 3. The van der Waals surface area contributed by atoms with Crippen molar-refractivity contribution in [2.45, 2.75) is 24.2 Å². The molecule has 1 aromatic rings. The quantitative estimate of drug-likeness (QED) is 0.828. The van der Waals surface area contributed by atoms with E-state index in [2.05, 4.69) is 0 Å². The van der Waals surface area contributed by atoms with Crippen molar-refractivity contribution in [2.75, 3.05) is 0 Å². The van der Waals surface area contributed by atoms with E-state index < -0.39 is 15.8 Å². The average Bonchev–Trinajstić information content (AvgIpc) is 2.73. The third-order valence-electron chi connectivity index (χ3n) is 2.79. The third kappa shape index (κ3) is 2.55. The highest BCUT2D eigenvalue weighted by atomic mass is 32.2. The molecule has 0 saturated heterocycles. The number of fused-ring (bicyclic) bond motifs is 1. The Morgan fingerprint density at radius 2 is 1.94 bits per heavy atom. The van der Waals surface area contributed by atoms with Crippen LogP contribution in [0.5, 0.6) is 0 Å². The molecule has 0 aliphatic heterocycles. The molecule has 90 valence electrons.